The second-order valence-corrected chi connectivity index (χ2v) is 1.77. The van der Waals surface area contributed by atoms with Crippen molar-refractivity contribution >= 4 is 11.9 Å². The van der Waals surface area contributed by atoms with E-state index in [0.717, 1.165) is 0 Å². The van der Waals surface area contributed by atoms with Gasteiger partial charge < -0.3 is 9.47 Å². The van der Waals surface area contributed by atoms with Gasteiger partial charge in [-0.25, -0.2) is 4.79 Å². The smallest absolute Gasteiger partial charge is 0.334 e. The van der Waals surface area contributed by atoms with E-state index in [1.54, 1.807) is 0 Å². The van der Waals surface area contributed by atoms with Gasteiger partial charge in [-0.1, -0.05) is 0 Å². The molecule has 4 nitrogen and oxygen atoms in total. The molecule has 0 unspecified atom stereocenters. The van der Waals surface area contributed by atoms with Crippen molar-refractivity contribution in [2.45, 2.75) is 13.2 Å². The van der Waals surface area contributed by atoms with E-state index in [2.05, 4.69) is 9.47 Å². The predicted molar refractivity (Wildman–Crippen MR) is 30.8 cm³/mol. The Bertz CT molecular complexity index is 194. The molecule has 0 aromatic heterocycles. The molecule has 1 atom stereocenters. The second-order valence-electron chi connectivity index (χ2n) is 1.77. The molecule has 0 amide bonds. The minimum Gasteiger partial charge on any atom is -0.421 e. The van der Waals surface area contributed by atoms with Crippen molar-refractivity contribution in [3.05, 3.63) is 12.2 Å². The van der Waals surface area contributed by atoms with Gasteiger partial charge in [0.05, 0.1) is 0 Å². The van der Waals surface area contributed by atoms with E-state index in [0.29, 0.717) is 0 Å². The largest absolute Gasteiger partial charge is 0.421 e. The zero-order valence-corrected chi connectivity index (χ0v) is 5.37. The maximum Gasteiger partial charge on any atom is 0.334 e. The lowest BCUT2D eigenvalue weighted by molar-refractivity contribution is -0.170. The first-order valence-corrected chi connectivity index (χ1v) is 2.74. The summed E-state index contributed by atoms with van der Waals surface area (Å²) in [7, 11) is 0. The summed E-state index contributed by atoms with van der Waals surface area (Å²) in [6, 6.07) is 0. The van der Waals surface area contributed by atoms with Gasteiger partial charge in [-0.2, -0.15) is 0 Å². The van der Waals surface area contributed by atoms with Crippen molar-refractivity contribution in [3.8, 4) is 0 Å². The van der Waals surface area contributed by atoms with Crippen molar-refractivity contribution in [2.24, 2.45) is 0 Å². The number of ether oxygens (including phenoxy) is 2. The van der Waals surface area contributed by atoms with Crippen molar-refractivity contribution < 1.29 is 19.1 Å². The summed E-state index contributed by atoms with van der Waals surface area (Å²) in [5.41, 5.74) is 0. The summed E-state index contributed by atoms with van der Waals surface area (Å²) in [5, 5.41) is 0. The summed E-state index contributed by atoms with van der Waals surface area (Å²) < 4.78 is 8.99. The van der Waals surface area contributed by atoms with Crippen LogP contribution in [-0.2, 0) is 19.1 Å². The fourth-order valence-electron chi connectivity index (χ4n) is 0.577. The minimum atomic E-state index is -0.815. The van der Waals surface area contributed by atoms with Gasteiger partial charge in [-0.05, 0) is 0 Å². The highest BCUT2D eigenvalue weighted by molar-refractivity contribution is 5.84. The summed E-state index contributed by atoms with van der Waals surface area (Å²) in [5.74, 6) is -0.949. The van der Waals surface area contributed by atoms with E-state index < -0.39 is 18.2 Å². The predicted octanol–water partition coefficient (Wildman–Crippen LogP) is -0.0114. The zero-order chi connectivity index (χ0) is 7.56. The zero-order valence-electron chi connectivity index (χ0n) is 5.37. The average Bonchev–Trinajstić information content (AvgIpc) is 2.13. The number of esters is 2. The van der Waals surface area contributed by atoms with E-state index in [9.17, 15) is 9.59 Å². The third kappa shape index (κ3) is 1.58. The van der Waals surface area contributed by atoms with Crippen molar-refractivity contribution in [1.29, 1.82) is 0 Å². The van der Waals surface area contributed by atoms with Crippen LogP contribution in [0.1, 0.15) is 6.92 Å². The Balaban J connectivity index is 2.40. The Labute approximate surface area is 57.4 Å². The van der Waals surface area contributed by atoms with E-state index in [-0.39, 0.29) is 0 Å². The first kappa shape index (κ1) is 6.80. The SMILES string of the molecule is CC(=O)O[C@H]1C=CC(=O)O1. The lowest BCUT2D eigenvalue weighted by Crippen LogP contribution is -2.15. The minimum absolute atomic E-state index is 0.468. The van der Waals surface area contributed by atoms with Gasteiger partial charge in [0.2, 0.25) is 0 Å². The van der Waals surface area contributed by atoms with Crippen LogP contribution in [0.2, 0.25) is 0 Å². The fraction of sp³-hybridized carbons (Fsp3) is 0.333. The molecule has 0 aromatic carbocycles. The fourth-order valence-corrected chi connectivity index (χ4v) is 0.577. The molecule has 1 rings (SSSR count). The Morgan fingerprint density at radius 2 is 2.50 bits per heavy atom. The monoisotopic (exact) mass is 142 g/mol. The van der Waals surface area contributed by atoms with Crippen LogP contribution in [0.5, 0.6) is 0 Å². The molecule has 0 saturated carbocycles. The lowest BCUT2D eigenvalue weighted by Gasteiger charge is -2.06. The van der Waals surface area contributed by atoms with Gasteiger partial charge in [-0.3, -0.25) is 4.79 Å². The summed E-state index contributed by atoms with van der Waals surface area (Å²) >= 11 is 0. The van der Waals surface area contributed by atoms with E-state index in [4.69, 9.17) is 0 Å². The normalized spacial score (nSPS) is 22.5. The summed E-state index contributed by atoms with van der Waals surface area (Å²) in [4.78, 5) is 20.6. The number of carbonyl (C=O) groups is 2. The summed E-state index contributed by atoms with van der Waals surface area (Å²) in [6.07, 6.45) is 1.78. The molecule has 0 aliphatic carbocycles. The van der Waals surface area contributed by atoms with Gasteiger partial charge in [0, 0.05) is 19.1 Å². The van der Waals surface area contributed by atoms with Crippen LogP contribution in [0.4, 0.5) is 0 Å². The lowest BCUT2D eigenvalue weighted by atomic mass is 10.5. The molecule has 0 fully saturated rings. The molecule has 0 spiro atoms. The molecule has 10 heavy (non-hydrogen) atoms. The van der Waals surface area contributed by atoms with Gasteiger partial charge in [-0.15, -0.1) is 0 Å². The number of carbonyl (C=O) groups excluding carboxylic acids is 2. The van der Waals surface area contributed by atoms with E-state index in [1.807, 2.05) is 0 Å². The van der Waals surface area contributed by atoms with Crippen molar-refractivity contribution in [1.82, 2.24) is 0 Å². The van der Waals surface area contributed by atoms with Gasteiger partial charge in [0.15, 0.2) is 0 Å². The molecule has 0 aromatic rings. The number of cyclic esters (lactones) is 1. The molecular formula is C6H6O4. The van der Waals surface area contributed by atoms with Gasteiger partial charge in [0.25, 0.3) is 6.29 Å². The highest BCUT2D eigenvalue weighted by atomic mass is 16.7. The molecule has 0 saturated heterocycles. The van der Waals surface area contributed by atoms with E-state index >= 15 is 0 Å². The Morgan fingerprint density at radius 3 is 2.90 bits per heavy atom. The average molecular weight is 142 g/mol. The van der Waals surface area contributed by atoms with Crippen LogP contribution in [0.3, 0.4) is 0 Å². The molecule has 0 radical (unpaired) electrons. The number of hydrogen-bond acceptors (Lipinski definition) is 4. The third-order valence-corrected chi connectivity index (χ3v) is 0.904. The van der Waals surface area contributed by atoms with Gasteiger partial charge in [0.1, 0.15) is 0 Å². The highest BCUT2D eigenvalue weighted by Gasteiger charge is 2.18. The molecule has 4 heteroatoms. The molecule has 1 heterocycles. The highest BCUT2D eigenvalue weighted by Crippen LogP contribution is 2.05. The first-order chi connectivity index (χ1) is 4.68. The molecular weight excluding hydrogens is 136 g/mol. The topological polar surface area (TPSA) is 52.6 Å². The Morgan fingerprint density at radius 1 is 1.80 bits per heavy atom. The standard InChI is InChI=1S/C6H6O4/c1-4(7)9-6-3-2-5(8)10-6/h2-3,6H,1H3/t6-/m1/s1. The molecule has 1 aliphatic rings. The third-order valence-electron chi connectivity index (χ3n) is 0.904. The first-order valence-electron chi connectivity index (χ1n) is 2.74. The maximum absolute atomic E-state index is 10.3. The maximum atomic E-state index is 10.3. The Kier molecular flexibility index (Phi) is 1.71. The van der Waals surface area contributed by atoms with Crippen molar-refractivity contribution in [2.75, 3.05) is 0 Å². The van der Waals surface area contributed by atoms with Crippen LogP contribution in [-0.4, -0.2) is 18.2 Å². The van der Waals surface area contributed by atoms with Crippen molar-refractivity contribution in [3.63, 3.8) is 0 Å². The van der Waals surface area contributed by atoms with Crippen LogP contribution >= 0.6 is 0 Å². The van der Waals surface area contributed by atoms with E-state index in [1.165, 1.54) is 19.1 Å². The van der Waals surface area contributed by atoms with Crippen LogP contribution < -0.4 is 0 Å². The molecule has 54 valence electrons. The number of hydrogen-bond donors (Lipinski definition) is 0. The van der Waals surface area contributed by atoms with Gasteiger partial charge >= 0.3 is 11.9 Å². The molecule has 0 N–H and O–H groups in total. The molecule has 0 bridgehead atoms. The van der Waals surface area contributed by atoms with Crippen LogP contribution in [0.25, 0.3) is 0 Å². The van der Waals surface area contributed by atoms with Crippen LogP contribution in [0.15, 0.2) is 12.2 Å². The second kappa shape index (κ2) is 2.51. The molecule has 1 aliphatic heterocycles. The summed E-state index contributed by atoms with van der Waals surface area (Å²) in [6.45, 7) is 1.25. The number of rotatable bonds is 1. The quantitative estimate of drug-likeness (QED) is 0.483. The van der Waals surface area contributed by atoms with Crippen LogP contribution in [0, 0.1) is 0 Å². The Hall–Kier alpha value is -1.32.